The molecule has 5 nitrogen and oxygen atoms in total. The lowest BCUT2D eigenvalue weighted by atomic mass is 10.2. The van der Waals surface area contributed by atoms with Crippen molar-refractivity contribution in [3.8, 4) is 0 Å². The number of hydrogen-bond acceptors (Lipinski definition) is 4. The number of ether oxygens (including phenoxy) is 1. The summed E-state index contributed by atoms with van der Waals surface area (Å²) >= 11 is 5.98. The molecule has 1 aromatic heterocycles. The SMILES string of the molecule is CC(C)COC(C)C(=O)N1CCN(c2ncc(C(F)(F)F)cc2Cl)CC1. The second-order valence-corrected chi connectivity index (χ2v) is 7.12. The number of carbonyl (C=O) groups excluding carboxylic acids is 1. The Balaban J connectivity index is 1.95. The van der Waals surface area contributed by atoms with Gasteiger partial charge in [0.2, 0.25) is 0 Å². The molecular weight excluding hydrogens is 371 g/mol. The van der Waals surface area contributed by atoms with Gasteiger partial charge in [0.25, 0.3) is 5.91 Å². The quantitative estimate of drug-likeness (QED) is 0.768. The molecular formula is C17H23ClF3N3O2. The third kappa shape index (κ3) is 5.23. The van der Waals surface area contributed by atoms with Gasteiger partial charge in [0, 0.05) is 39.0 Å². The standard InChI is InChI=1S/C17H23ClF3N3O2/c1-11(2)10-26-12(3)16(25)24-6-4-23(5-7-24)15-14(18)8-13(9-22-15)17(19,20)21/h8-9,11-12H,4-7,10H2,1-3H3. The Morgan fingerprint density at radius 2 is 1.88 bits per heavy atom. The second kappa shape index (κ2) is 8.43. The summed E-state index contributed by atoms with van der Waals surface area (Å²) in [6.07, 6.45) is -4.22. The first kappa shape index (κ1) is 20.8. The highest BCUT2D eigenvalue weighted by Gasteiger charge is 2.33. The van der Waals surface area contributed by atoms with Crippen LogP contribution < -0.4 is 4.90 Å². The van der Waals surface area contributed by atoms with Gasteiger partial charge in [-0.25, -0.2) is 4.98 Å². The lowest BCUT2D eigenvalue weighted by molar-refractivity contribution is -0.143. The van der Waals surface area contributed by atoms with Gasteiger partial charge in [0.05, 0.1) is 10.6 Å². The average molecular weight is 394 g/mol. The third-order valence-electron chi connectivity index (χ3n) is 4.07. The molecule has 1 amide bonds. The summed E-state index contributed by atoms with van der Waals surface area (Å²) in [6.45, 7) is 8.03. The Labute approximate surface area is 156 Å². The Morgan fingerprint density at radius 1 is 1.27 bits per heavy atom. The summed E-state index contributed by atoms with van der Waals surface area (Å²) < 4.78 is 43.7. The zero-order valence-corrected chi connectivity index (χ0v) is 15.8. The molecule has 1 saturated heterocycles. The van der Waals surface area contributed by atoms with Crippen molar-refractivity contribution in [2.45, 2.75) is 33.1 Å². The predicted octanol–water partition coefficient (Wildman–Crippen LogP) is 3.46. The molecule has 2 rings (SSSR count). The fraction of sp³-hybridized carbons (Fsp3) is 0.647. The molecule has 1 fully saturated rings. The van der Waals surface area contributed by atoms with Crippen LogP contribution in [0.5, 0.6) is 0 Å². The van der Waals surface area contributed by atoms with E-state index in [0.29, 0.717) is 44.5 Å². The van der Waals surface area contributed by atoms with Gasteiger partial charge in [0.1, 0.15) is 11.9 Å². The molecule has 0 saturated carbocycles. The highest BCUT2D eigenvalue weighted by Crippen LogP contribution is 2.33. The van der Waals surface area contributed by atoms with Gasteiger partial charge in [-0.3, -0.25) is 4.79 Å². The van der Waals surface area contributed by atoms with E-state index in [-0.39, 0.29) is 10.9 Å². The van der Waals surface area contributed by atoms with Gasteiger partial charge >= 0.3 is 6.18 Å². The topological polar surface area (TPSA) is 45.7 Å². The number of amides is 1. The van der Waals surface area contributed by atoms with Gasteiger partial charge in [0.15, 0.2) is 0 Å². The molecule has 9 heteroatoms. The van der Waals surface area contributed by atoms with Crippen LogP contribution in [0.3, 0.4) is 0 Å². The third-order valence-corrected chi connectivity index (χ3v) is 4.35. The molecule has 0 aliphatic carbocycles. The molecule has 146 valence electrons. The molecule has 2 heterocycles. The molecule has 1 unspecified atom stereocenters. The maximum absolute atomic E-state index is 12.7. The van der Waals surface area contributed by atoms with E-state index in [1.54, 1.807) is 16.7 Å². The van der Waals surface area contributed by atoms with Crippen LogP contribution in [-0.2, 0) is 15.7 Å². The summed E-state index contributed by atoms with van der Waals surface area (Å²) in [5.74, 6) is 0.558. The second-order valence-electron chi connectivity index (χ2n) is 6.71. The maximum Gasteiger partial charge on any atom is 0.417 e. The van der Waals surface area contributed by atoms with E-state index in [9.17, 15) is 18.0 Å². The number of halogens is 4. The maximum atomic E-state index is 12.7. The number of nitrogens with zero attached hydrogens (tertiary/aromatic N) is 3. The van der Waals surface area contributed by atoms with Gasteiger partial charge in [-0.1, -0.05) is 25.4 Å². The number of aromatic nitrogens is 1. The summed E-state index contributed by atoms with van der Waals surface area (Å²) in [5, 5.41) is -0.0479. The van der Waals surface area contributed by atoms with E-state index < -0.39 is 17.8 Å². The van der Waals surface area contributed by atoms with Crippen molar-refractivity contribution < 1.29 is 22.7 Å². The monoisotopic (exact) mass is 393 g/mol. The fourth-order valence-corrected chi connectivity index (χ4v) is 2.91. The molecule has 0 aromatic carbocycles. The zero-order valence-electron chi connectivity index (χ0n) is 15.0. The van der Waals surface area contributed by atoms with Crippen LogP contribution in [0.4, 0.5) is 19.0 Å². The molecule has 0 radical (unpaired) electrons. The predicted molar refractivity (Wildman–Crippen MR) is 93.3 cm³/mol. The number of anilines is 1. The molecule has 1 aliphatic heterocycles. The molecule has 1 aliphatic rings. The minimum atomic E-state index is -4.48. The Morgan fingerprint density at radius 3 is 2.38 bits per heavy atom. The summed E-state index contributed by atoms with van der Waals surface area (Å²) in [4.78, 5) is 19.7. The number of rotatable bonds is 5. The number of carbonyl (C=O) groups is 1. The van der Waals surface area contributed by atoms with Crippen molar-refractivity contribution >= 4 is 23.3 Å². The zero-order chi connectivity index (χ0) is 19.5. The number of alkyl halides is 3. The highest BCUT2D eigenvalue weighted by molar-refractivity contribution is 6.33. The van der Waals surface area contributed by atoms with E-state index in [1.807, 2.05) is 13.8 Å². The van der Waals surface area contributed by atoms with Gasteiger partial charge < -0.3 is 14.5 Å². The van der Waals surface area contributed by atoms with Crippen molar-refractivity contribution in [1.29, 1.82) is 0 Å². The number of pyridine rings is 1. The van der Waals surface area contributed by atoms with E-state index in [0.717, 1.165) is 12.3 Å². The first-order valence-electron chi connectivity index (χ1n) is 8.47. The molecule has 1 aromatic rings. The van der Waals surface area contributed by atoms with E-state index in [2.05, 4.69) is 4.98 Å². The van der Waals surface area contributed by atoms with E-state index in [4.69, 9.17) is 16.3 Å². The number of piperazine rings is 1. The number of hydrogen-bond donors (Lipinski definition) is 0. The van der Waals surface area contributed by atoms with Crippen LogP contribution in [0.15, 0.2) is 12.3 Å². The van der Waals surface area contributed by atoms with Crippen LogP contribution in [0.2, 0.25) is 5.02 Å². The lowest BCUT2D eigenvalue weighted by Gasteiger charge is -2.36. The van der Waals surface area contributed by atoms with Gasteiger partial charge in [-0.2, -0.15) is 13.2 Å². The molecule has 0 bridgehead atoms. The van der Waals surface area contributed by atoms with Crippen LogP contribution in [0.25, 0.3) is 0 Å². The molecule has 0 N–H and O–H groups in total. The normalized spacial score (nSPS) is 16.9. The highest BCUT2D eigenvalue weighted by atomic mass is 35.5. The van der Waals surface area contributed by atoms with Crippen LogP contribution in [0.1, 0.15) is 26.3 Å². The first-order valence-corrected chi connectivity index (χ1v) is 8.85. The van der Waals surface area contributed by atoms with Crippen molar-refractivity contribution in [1.82, 2.24) is 9.88 Å². The van der Waals surface area contributed by atoms with Gasteiger partial charge in [-0.15, -0.1) is 0 Å². The van der Waals surface area contributed by atoms with Crippen molar-refractivity contribution in [3.63, 3.8) is 0 Å². The Hall–Kier alpha value is -1.54. The van der Waals surface area contributed by atoms with Gasteiger partial charge in [-0.05, 0) is 18.9 Å². The summed E-state index contributed by atoms with van der Waals surface area (Å²) in [6, 6.07) is 0.878. The summed E-state index contributed by atoms with van der Waals surface area (Å²) in [5.41, 5.74) is -0.879. The van der Waals surface area contributed by atoms with Crippen LogP contribution in [-0.4, -0.2) is 54.7 Å². The fourth-order valence-electron chi connectivity index (χ4n) is 2.62. The summed E-state index contributed by atoms with van der Waals surface area (Å²) in [7, 11) is 0. The van der Waals surface area contributed by atoms with Crippen molar-refractivity contribution in [3.05, 3.63) is 22.8 Å². The largest absolute Gasteiger partial charge is 0.417 e. The van der Waals surface area contributed by atoms with Crippen molar-refractivity contribution in [2.75, 3.05) is 37.7 Å². The minimum absolute atomic E-state index is 0.0479. The first-order chi connectivity index (χ1) is 12.1. The van der Waals surface area contributed by atoms with E-state index in [1.165, 1.54) is 0 Å². The average Bonchev–Trinajstić information content (AvgIpc) is 2.58. The Kier molecular flexibility index (Phi) is 6.74. The lowest BCUT2D eigenvalue weighted by Crippen LogP contribution is -2.51. The smallest absolute Gasteiger partial charge is 0.368 e. The van der Waals surface area contributed by atoms with Crippen molar-refractivity contribution in [2.24, 2.45) is 5.92 Å². The molecule has 1 atom stereocenters. The van der Waals surface area contributed by atoms with Crippen LogP contribution >= 0.6 is 11.6 Å². The molecule has 0 spiro atoms. The Bertz CT molecular complexity index is 632. The molecule has 26 heavy (non-hydrogen) atoms. The van der Waals surface area contributed by atoms with E-state index >= 15 is 0 Å². The minimum Gasteiger partial charge on any atom is -0.368 e. The van der Waals surface area contributed by atoms with Crippen LogP contribution in [0, 0.1) is 5.92 Å².